The molecule has 0 aliphatic rings. The number of aromatic carboxylic acids is 1. The fraction of sp³-hybridized carbons (Fsp3) is 0.429. The van der Waals surface area contributed by atoms with Gasteiger partial charge in [-0.1, -0.05) is 6.92 Å². The van der Waals surface area contributed by atoms with Gasteiger partial charge >= 0.3 is 5.97 Å². The van der Waals surface area contributed by atoms with Crippen molar-refractivity contribution in [2.75, 3.05) is 0 Å². The van der Waals surface area contributed by atoms with E-state index in [1.54, 1.807) is 7.05 Å². The first-order valence-corrected chi connectivity index (χ1v) is 4.00. The third-order valence-electron chi connectivity index (χ3n) is 1.63. The summed E-state index contributed by atoms with van der Waals surface area (Å²) in [5, 5.41) is 12.8. The molecular weight excluding hydrogens is 176 g/mol. The first kappa shape index (κ1) is 9.12. The van der Waals surface area contributed by atoms with E-state index in [0.29, 0.717) is 11.3 Å². The van der Waals surface area contributed by atoms with E-state index >= 15 is 0 Å². The number of rotatable bonds is 2. The molecule has 4 nitrogen and oxygen atoms in total. The van der Waals surface area contributed by atoms with Gasteiger partial charge in [0.25, 0.3) is 0 Å². The number of nitrogens with zero attached hydrogens (tertiary/aromatic N) is 2. The molecule has 0 bridgehead atoms. The van der Waals surface area contributed by atoms with E-state index in [0.717, 1.165) is 5.69 Å². The molecule has 1 aromatic rings. The van der Waals surface area contributed by atoms with Crippen LogP contribution in [0.15, 0.2) is 4.90 Å². The van der Waals surface area contributed by atoms with Gasteiger partial charge in [0.05, 0.1) is 10.6 Å². The minimum Gasteiger partial charge on any atom is -0.476 e. The van der Waals surface area contributed by atoms with Crippen LogP contribution in [0.1, 0.15) is 23.1 Å². The minimum absolute atomic E-state index is 0.148. The van der Waals surface area contributed by atoms with Gasteiger partial charge in [-0.05, 0) is 6.42 Å². The second-order valence-corrected chi connectivity index (χ2v) is 2.87. The molecule has 12 heavy (non-hydrogen) atoms. The molecule has 1 heterocycles. The van der Waals surface area contributed by atoms with Crippen molar-refractivity contribution in [3.63, 3.8) is 0 Å². The average Bonchev–Trinajstić information content (AvgIpc) is 2.25. The second kappa shape index (κ2) is 3.18. The molecule has 5 heteroatoms. The first-order chi connectivity index (χ1) is 5.57. The molecule has 66 valence electrons. The molecule has 0 unspecified atom stereocenters. The molecule has 1 rings (SSSR count). The highest BCUT2D eigenvalue weighted by Crippen LogP contribution is 2.18. The highest BCUT2D eigenvalue weighted by molar-refractivity contribution is 7.80. The summed E-state index contributed by atoms with van der Waals surface area (Å²) in [7, 11) is 1.60. The molecule has 1 aromatic heterocycles. The fourth-order valence-electron chi connectivity index (χ4n) is 1.05. The number of hydrogen-bond donors (Lipinski definition) is 2. The van der Waals surface area contributed by atoms with Gasteiger partial charge in [0.1, 0.15) is 0 Å². The lowest BCUT2D eigenvalue weighted by Crippen LogP contribution is -2.05. The summed E-state index contributed by atoms with van der Waals surface area (Å²) in [5.41, 5.74) is 0.869. The Morgan fingerprint density at radius 3 is 2.58 bits per heavy atom. The summed E-state index contributed by atoms with van der Waals surface area (Å²) < 4.78 is 1.34. The average molecular weight is 186 g/mol. The Kier molecular flexibility index (Phi) is 2.42. The van der Waals surface area contributed by atoms with Crippen molar-refractivity contribution >= 4 is 18.6 Å². The molecule has 1 N–H and O–H groups in total. The molecule has 0 radical (unpaired) electrons. The molecule has 0 saturated carbocycles. The summed E-state index contributed by atoms with van der Waals surface area (Å²) in [6.45, 7) is 1.91. The van der Waals surface area contributed by atoms with Gasteiger partial charge < -0.3 is 5.11 Å². The van der Waals surface area contributed by atoms with Crippen LogP contribution in [0.25, 0.3) is 0 Å². The molecule has 0 amide bonds. The predicted octanol–water partition coefficient (Wildman–Crippen LogP) is 0.969. The number of thiol groups is 1. The smallest absolute Gasteiger partial charge is 0.355 e. The van der Waals surface area contributed by atoms with Crippen LogP contribution in [0, 0.1) is 0 Å². The van der Waals surface area contributed by atoms with Crippen LogP contribution >= 0.6 is 12.6 Å². The van der Waals surface area contributed by atoms with Crippen molar-refractivity contribution in [1.29, 1.82) is 0 Å². The number of aromatic nitrogens is 2. The van der Waals surface area contributed by atoms with Gasteiger partial charge in [0.15, 0.2) is 5.69 Å². The van der Waals surface area contributed by atoms with Crippen LogP contribution in [-0.4, -0.2) is 20.9 Å². The summed E-state index contributed by atoms with van der Waals surface area (Å²) in [4.78, 5) is 11.1. The maximum atomic E-state index is 10.7. The molecule has 0 fully saturated rings. The second-order valence-electron chi connectivity index (χ2n) is 2.43. The zero-order chi connectivity index (χ0) is 9.30. The van der Waals surface area contributed by atoms with E-state index in [-0.39, 0.29) is 5.69 Å². The van der Waals surface area contributed by atoms with Crippen molar-refractivity contribution in [2.45, 2.75) is 18.2 Å². The quantitative estimate of drug-likeness (QED) is 0.677. The number of hydrogen-bond acceptors (Lipinski definition) is 3. The lowest BCUT2D eigenvalue weighted by Gasteiger charge is -1.93. The van der Waals surface area contributed by atoms with Gasteiger partial charge in [-0.25, -0.2) is 4.79 Å². The zero-order valence-corrected chi connectivity index (χ0v) is 7.80. The first-order valence-electron chi connectivity index (χ1n) is 3.56. The van der Waals surface area contributed by atoms with Crippen molar-refractivity contribution in [3.8, 4) is 0 Å². The Morgan fingerprint density at radius 2 is 2.33 bits per heavy atom. The Bertz CT molecular complexity index is 319. The summed E-state index contributed by atoms with van der Waals surface area (Å²) in [6.07, 6.45) is 0.694. The number of aryl methyl sites for hydroxylation is 2. The van der Waals surface area contributed by atoms with Gasteiger partial charge in [0.2, 0.25) is 0 Å². The molecule has 0 atom stereocenters. The third kappa shape index (κ3) is 1.32. The molecule has 0 aliphatic carbocycles. The van der Waals surface area contributed by atoms with Crippen LogP contribution in [0.4, 0.5) is 0 Å². The molecule has 0 aromatic carbocycles. The highest BCUT2D eigenvalue weighted by Gasteiger charge is 2.17. The Hall–Kier alpha value is -0.970. The van der Waals surface area contributed by atoms with Gasteiger partial charge in [-0.15, -0.1) is 12.6 Å². The van der Waals surface area contributed by atoms with Crippen LogP contribution in [0.5, 0.6) is 0 Å². The van der Waals surface area contributed by atoms with E-state index in [4.69, 9.17) is 5.11 Å². The van der Waals surface area contributed by atoms with Crippen molar-refractivity contribution in [2.24, 2.45) is 7.05 Å². The summed E-state index contributed by atoms with van der Waals surface area (Å²) >= 11 is 4.09. The minimum atomic E-state index is -0.991. The number of carboxylic acid groups (broad SMARTS) is 1. The van der Waals surface area contributed by atoms with Crippen LogP contribution in [0.2, 0.25) is 0 Å². The van der Waals surface area contributed by atoms with E-state index < -0.39 is 5.97 Å². The van der Waals surface area contributed by atoms with Crippen molar-refractivity contribution in [1.82, 2.24) is 9.78 Å². The SMILES string of the molecule is CCc1nn(C)c(C(=O)O)c1S. The van der Waals surface area contributed by atoms with E-state index in [2.05, 4.69) is 17.7 Å². The molecular formula is C7H10N2O2S. The van der Waals surface area contributed by atoms with E-state index in [9.17, 15) is 4.79 Å². The van der Waals surface area contributed by atoms with Gasteiger partial charge in [0, 0.05) is 7.05 Å². The summed E-state index contributed by atoms with van der Waals surface area (Å²) in [5.74, 6) is -0.991. The zero-order valence-electron chi connectivity index (χ0n) is 6.90. The monoisotopic (exact) mass is 186 g/mol. The Labute approximate surface area is 75.6 Å². The Balaban J connectivity index is 3.28. The maximum absolute atomic E-state index is 10.7. The molecule has 0 spiro atoms. The third-order valence-corrected chi connectivity index (χ3v) is 2.10. The lowest BCUT2D eigenvalue weighted by atomic mass is 10.3. The molecule has 0 saturated heterocycles. The largest absolute Gasteiger partial charge is 0.476 e. The van der Waals surface area contributed by atoms with E-state index in [1.165, 1.54) is 4.68 Å². The molecule has 0 aliphatic heterocycles. The van der Waals surface area contributed by atoms with Crippen LogP contribution < -0.4 is 0 Å². The maximum Gasteiger partial charge on any atom is 0.355 e. The predicted molar refractivity (Wildman–Crippen MR) is 46.8 cm³/mol. The fourth-order valence-corrected chi connectivity index (χ4v) is 1.49. The highest BCUT2D eigenvalue weighted by atomic mass is 32.1. The van der Waals surface area contributed by atoms with Gasteiger partial charge in [-0.2, -0.15) is 5.10 Å². The topological polar surface area (TPSA) is 55.1 Å². The van der Waals surface area contributed by atoms with Gasteiger partial charge in [-0.3, -0.25) is 4.68 Å². The number of carboxylic acids is 1. The van der Waals surface area contributed by atoms with E-state index in [1.807, 2.05) is 6.92 Å². The Morgan fingerprint density at radius 1 is 1.75 bits per heavy atom. The normalized spacial score (nSPS) is 10.2. The van der Waals surface area contributed by atoms with Crippen molar-refractivity contribution in [3.05, 3.63) is 11.4 Å². The van der Waals surface area contributed by atoms with Crippen LogP contribution in [-0.2, 0) is 13.5 Å². The number of carbonyl (C=O) groups is 1. The van der Waals surface area contributed by atoms with Crippen LogP contribution in [0.3, 0.4) is 0 Å². The van der Waals surface area contributed by atoms with Crippen molar-refractivity contribution < 1.29 is 9.90 Å². The lowest BCUT2D eigenvalue weighted by molar-refractivity contribution is 0.0681. The summed E-state index contributed by atoms with van der Waals surface area (Å²) in [6, 6.07) is 0. The standard InChI is InChI=1S/C7H10N2O2S/c1-3-4-6(12)5(7(10)11)9(2)8-4/h12H,3H2,1-2H3,(H,10,11).